The quantitative estimate of drug-likeness (QED) is 0.640. The smallest absolute Gasteiger partial charge is 0.265 e. The fraction of sp³-hybridized carbons (Fsp3) is 0.294. The fourth-order valence-corrected chi connectivity index (χ4v) is 4.00. The maximum atomic E-state index is 12.6. The van der Waals surface area contributed by atoms with Crippen molar-refractivity contribution in [2.75, 3.05) is 4.72 Å². The summed E-state index contributed by atoms with van der Waals surface area (Å²) in [6.07, 6.45) is 2.86. The Morgan fingerprint density at radius 2 is 1.88 bits per heavy atom. The molecule has 0 spiro atoms. The van der Waals surface area contributed by atoms with Gasteiger partial charge in [0, 0.05) is 17.2 Å². The van der Waals surface area contributed by atoms with Crippen LogP contribution >= 0.6 is 15.9 Å². The van der Waals surface area contributed by atoms with Crippen LogP contribution in [0.25, 0.3) is 0 Å². The molecule has 26 heavy (non-hydrogen) atoms. The molecule has 0 amide bonds. The van der Waals surface area contributed by atoms with E-state index in [0.717, 1.165) is 15.7 Å². The number of anilines is 1. The maximum absolute atomic E-state index is 12.6. The van der Waals surface area contributed by atoms with Crippen molar-refractivity contribution in [3.05, 3.63) is 58.1 Å². The number of aryl methyl sites for hydroxylation is 2. The van der Waals surface area contributed by atoms with Crippen molar-refractivity contribution in [2.24, 2.45) is 0 Å². The van der Waals surface area contributed by atoms with E-state index in [0.29, 0.717) is 24.5 Å². The largest absolute Gasteiger partial charge is 0.276 e. The number of aromatic nitrogens is 4. The third-order valence-electron chi connectivity index (χ3n) is 4.11. The first-order valence-corrected chi connectivity index (χ1v) is 10.4. The number of nitrogens with zero attached hydrogens (tertiary/aromatic N) is 4. The van der Waals surface area contributed by atoms with Crippen LogP contribution in [0.1, 0.15) is 23.9 Å². The molecule has 0 bridgehead atoms. The van der Waals surface area contributed by atoms with Crippen molar-refractivity contribution in [3.63, 3.8) is 0 Å². The van der Waals surface area contributed by atoms with Gasteiger partial charge in [-0.3, -0.25) is 14.1 Å². The molecule has 0 radical (unpaired) electrons. The fourth-order valence-electron chi connectivity index (χ4n) is 2.61. The van der Waals surface area contributed by atoms with E-state index in [2.05, 4.69) is 30.8 Å². The van der Waals surface area contributed by atoms with Crippen LogP contribution in [-0.2, 0) is 23.1 Å². The molecule has 2 aromatic heterocycles. The molecule has 7 nitrogen and oxygen atoms in total. The molecule has 138 valence electrons. The van der Waals surface area contributed by atoms with Gasteiger partial charge in [0.1, 0.15) is 4.90 Å². The summed E-state index contributed by atoms with van der Waals surface area (Å²) in [6.45, 7) is 6.72. The van der Waals surface area contributed by atoms with Crippen LogP contribution in [0.3, 0.4) is 0 Å². The molecule has 0 saturated heterocycles. The zero-order valence-electron chi connectivity index (χ0n) is 14.8. The summed E-state index contributed by atoms with van der Waals surface area (Å²) >= 11 is 3.42. The van der Waals surface area contributed by atoms with E-state index >= 15 is 0 Å². The van der Waals surface area contributed by atoms with E-state index in [9.17, 15) is 8.42 Å². The van der Waals surface area contributed by atoms with Crippen molar-refractivity contribution >= 4 is 31.6 Å². The van der Waals surface area contributed by atoms with Crippen LogP contribution < -0.4 is 4.72 Å². The number of hydrogen-bond donors (Lipinski definition) is 1. The van der Waals surface area contributed by atoms with Gasteiger partial charge in [0.05, 0.1) is 29.8 Å². The summed E-state index contributed by atoms with van der Waals surface area (Å²) in [5.74, 6) is 0. The molecule has 3 rings (SSSR count). The standard InChI is InChI=1S/C17H20BrN5O2S/c1-4-22-11-16(9-19-22)26(24,25)21-17-12(2)20-23(13(17)3)10-14-5-7-15(18)8-6-14/h5-9,11,21H,4,10H2,1-3H3. The topological polar surface area (TPSA) is 81.8 Å². The Balaban J connectivity index is 1.86. The summed E-state index contributed by atoms with van der Waals surface area (Å²) in [7, 11) is -3.71. The second-order valence-electron chi connectivity index (χ2n) is 5.97. The first-order valence-electron chi connectivity index (χ1n) is 8.14. The van der Waals surface area contributed by atoms with Crippen LogP contribution in [0.5, 0.6) is 0 Å². The SMILES string of the molecule is CCn1cc(S(=O)(=O)Nc2c(C)nn(Cc3ccc(Br)cc3)c2C)cn1. The zero-order chi connectivity index (χ0) is 18.9. The molecule has 3 aromatic rings. The van der Waals surface area contributed by atoms with E-state index in [-0.39, 0.29) is 4.90 Å². The molecule has 0 saturated carbocycles. The lowest BCUT2D eigenvalue weighted by Crippen LogP contribution is -2.14. The zero-order valence-corrected chi connectivity index (χ0v) is 17.2. The Morgan fingerprint density at radius 3 is 2.50 bits per heavy atom. The number of nitrogens with one attached hydrogen (secondary N) is 1. The molecule has 0 aliphatic heterocycles. The van der Waals surface area contributed by atoms with Gasteiger partial charge in [0.2, 0.25) is 0 Å². The van der Waals surface area contributed by atoms with Gasteiger partial charge in [0.15, 0.2) is 0 Å². The van der Waals surface area contributed by atoms with Gasteiger partial charge in [-0.05, 0) is 38.5 Å². The minimum Gasteiger partial charge on any atom is -0.276 e. The first-order chi connectivity index (χ1) is 12.3. The number of sulfonamides is 1. The van der Waals surface area contributed by atoms with Crippen LogP contribution in [0.15, 0.2) is 46.0 Å². The van der Waals surface area contributed by atoms with E-state index in [4.69, 9.17) is 0 Å². The lowest BCUT2D eigenvalue weighted by Gasteiger charge is -2.08. The molecule has 0 unspecified atom stereocenters. The van der Waals surface area contributed by atoms with E-state index in [1.165, 1.54) is 12.4 Å². The molecule has 0 aliphatic rings. The lowest BCUT2D eigenvalue weighted by molar-refractivity contribution is 0.600. The van der Waals surface area contributed by atoms with Gasteiger partial charge >= 0.3 is 0 Å². The molecule has 1 N–H and O–H groups in total. The van der Waals surface area contributed by atoms with Gasteiger partial charge in [-0.1, -0.05) is 28.1 Å². The molecule has 0 aliphatic carbocycles. The number of rotatable bonds is 6. The van der Waals surface area contributed by atoms with Crippen LogP contribution in [0.2, 0.25) is 0 Å². The Morgan fingerprint density at radius 1 is 1.19 bits per heavy atom. The number of halogens is 1. The Bertz CT molecular complexity index is 1020. The van der Waals surface area contributed by atoms with E-state index in [1.54, 1.807) is 16.3 Å². The summed E-state index contributed by atoms with van der Waals surface area (Å²) in [4.78, 5) is 0.138. The molecular formula is C17H20BrN5O2S. The highest BCUT2D eigenvalue weighted by molar-refractivity contribution is 9.10. The van der Waals surface area contributed by atoms with Crippen molar-refractivity contribution < 1.29 is 8.42 Å². The molecule has 9 heteroatoms. The van der Waals surface area contributed by atoms with Crippen molar-refractivity contribution in [1.29, 1.82) is 0 Å². The lowest BCUT2D eigenvalue weighted by atomic mass is 10.2. The van der Waals surface area contributed by atoms with Crippen LogP contribution in [0.4, 0.5) is 5.69 Å². The highest BCUT2D eigenvalue weighted by atomic mass is 79.9. The normalized spacial score (nSPS) is 11.7. The van der Waals surface area contributed by atoms with Crippen LogP contribution in [-0.4, -0.2) is 28.0 Å². The Kier molecular flexibility index (Phi) is 5.19. The van der Waals surface area contributed by atoms with Gasteiger partial charge in [-0.15, -0.1) is 0 Å². The minimum absolute atomic E-state index is 0.138. The summed E-state index contributed by atoms with van der Waals surface area (Å²) in [5, 5.41) is 8.51. The second kappa shape index (κ2) is 7.24. The van der Waals surface area contributed by atoms with Gasteiger partial charge in [0.25, 0.3) is 10.0 Å². The van der Waals surface area contributed by atoms with Crippen LogP contribution in [0, 0.1) is 13.8 Å². The maximum Gasteiger partial charge on any atom is 0.265 e. The molecule has 0 fully saturated rings. The van der Waals surface area contributed by atoms with Gasteiger partial charge in [-0.25, -0.2) is 8.42 Å². The molecular weight excluding hydrogens is 418 g/mol. The van der Waals surface area contributed by atoms with Gasteiger partial charge < -0.3 is 0 Å². The van der Waals surface area contributed by atoms with Crippen molar-refractivity contribution in [3.8, 4) is 0 Å². The summed E-state index contributed by atoms with van der Waals surface area (Å²) in [6, 6.07) is 7.94. The monoisotopic (exact) mass is 437 g/mol. The highest BCUT2D eigenvalue weighted by Gasteiger charge is 2.21. The minimum atomic E-state index is -3.71. The average Bonchev–Trinajstić information content (AvgIpc) is 3.18. The summed E-state index contributed by atoms with van der Waals surface area (Å²) in [5.41, 5.74) is 2.98. The highest BCUT2D eigenvalue weighted by Crippen LogP contribution is 2.24. The Labute approximate surface area is 161 Å². The van der Waals surface area contributed by atoms with Crippen molar-refractivity contribution in [1.82, 2.24) is 19.6 Å². The van der Waals surface area contributed by atoms with Crippen molar-refractivity contribution in [2.45, 2.75) is 38.8 Å². The third-order valence-corrected chi connectivity index (χ3v) is 5.94. The predicted molar refractivity (Wildman–Crippen MR) is 104 cm³/mol. The average molecular weight is 438 g/mol. The van der Waals surface area contributed by atoms with E-state index in [1.807, 2.05) is 38.1 Å². The second-order valence-corrected chi connectivity index (χ2v) is 8.57. The molecule has 1 aromatic carbocycles. The number of benzene rings is 1. The summed E-state index contributed by atoms with van der Waals surface area (Å²) < 4.78 is 32.3. The third kappa shape index (κ3) is 3.83. The predicted octanol–water partition coefficient (Wildman–Crippen LogP) is 3.33. The molecule has 0 atom stereocenters. The molecule has 2 heterocycles. The van der Waals surface area contributed by atoms with Gasteiger partial charge in [-0.2, -0.15) is 10.2 Å². The van der Waals surface area contributed by atoms with E-state index < -0.39 is 10.0 Å². The first kappa shape index (κ1) is 18.7. The number of hydrogen-bond acceptors (Lipinski definition) is 4. The Hall–Kier alpha value is -2.13.